The fraction of sp³-hybridized carbons (Fsp3) is 0.500. The van der Waals surface area contributed by atoms with Gasteiger partial charge in [-0.1, -0.05) is 6.92 Å². The molecule has 1 saturated heterocycles. The molecule has 3 aliphatic rings. The smallest absolute Gasteiger partial charge is 0.341 e. The maximum atomic E-state index is 15.6. The predicted octanol–water partition coefficient (Wildman–Crippen LogP) is 2.52. The van der Waals surface area contributed by atoms with E-state index in [1.807, 2.05) is 6.92 Å². The number of hydrogen-bond donors (Lipinski definition) is 2. The van der Waals surface area contributed by atoms with Crippen LogP contribution in [0.1, 0.15) is 42.6 Å². The average molecular weight is 390 g/mol. The Morgan fingerprint density at radius 3 is 2.61 bits per heavy atom. The van der Waals surface area contributed by atoms with Crippen LogP contribution in [0.2, 0.25) is 0 Å². The number of aromatic nitrogens is 1. The highest BCUT2D eigenvalue weighted by Crippen LogP contribution is 2.53. The normalized spacial score (nSPS) is 29.1. The fourth-order valence-electron chi connectivity index (χ4n) is 5.02. The van der Waals surface area contributed by atoms with E-state index in [1.54, 1.807) is 4.90 Å². The zero-order chi connectivity index (χ0) is 20.0. The van der Waals surface area contributed by atoms with Crippen LogP contribution in [0.3, 0.4) is 0 Å². The van der Waals surface area contributed by atoms with Crippen LogP contribution in [0.25, 0.3) is 10.9 Å². The molecule has 0 spiro atoms. The second-order valence-electron chi connectivity index (χ2n) is 8.65. The van der Waals surface area contributed by atoms with Crippen molar-refractivity contribution in [1.82, 2.24) is 4.57 Å². The van der Waals surface area contributed by atoms with Crippen LogP contribution in [0.4, 0.5) is 14.5 Å². The minimum Gasteiger partial charge on any atom is -0.477 e. The molecule has 1 aromatic carbocycles. The van der Waals surface area contributed by atoms with Crippen LogP contribution < -0.4 is 10.3 Å². The van der Waals surface area contributed by atoms with Crippen molar-refractivity contribution in [1.29, 1.82) is 0 Å². The van der Waals surface area contributed by atoms with Gasteiger partial charge in [0.05, 0.1) is 17.0 Å². The van der Waals surface area contributed by atoms with Gasteiger partial charge >= 0.3 is 5.97 Å². The lowest BCUT2D eigenvalue weighted by atomic mass is 9.61. The number of aliphatic hydroxyl groups is 1. The first kappa shape index (κ1) is 17.6. The molecule has 0 unspecified atom stereocenters. The zero-order valence-electron chi connectivity index (χ0n) is 15.3. The monoisotopic (exact) mass is 390 g/mol. The summed E-state index contributed by atoms with van der Waals surface area (Å²) in [4.78, 5) is 25.6. The molecule has 6 nitrogen and oxygen atoms in total. The zero-order valence-corrected chi connectivity index (χ0v) is 15.3. The Morgan fingerprint density at radius 2 is 2.04 bits per heavy atom. The van der Waals surface area contributed by atoms with Crippen molar-refractivity contribution in [3.8, 4) is 0 Å². The second kappa shape index (κ2) is 5.53. The second-order valence-corrected chi connectivity index (χ2v) is 8.65. The summed E-state index contributed by atoms with van der Waals surface area (Å²) in [5, 5.41) is 19.0. The number of anilines is 1. The van der Waals surface area contributed by atoms with E-state index < -0.39 is 34.7 Å². The average Bonchev–Trinajstić information content (AvgIpc) is 3.41. The van der Waals surface area contributed by atoms with Crippen LogP contribution in [-0.2, 0) is 0 Å². The van der Waals surface area contributed by atoms with Crippen LogP contribution in [-0.4, -0.2) is 39.9 Å². The van der Waals surface area contributed by atoms with Crippen molar-refractivity contribution in [3.63, 3.8) is 0 Å². The van der Waals surface area contributed by atoms with Gasteiger partial charge in [-0.05, 0) is 30.7 Å². The lowest BCUT2D eigenvalue weighted by Gasteiger charge is -2.45. The fourth-order valence-corrected chi connectivity index (χ4v) is 5.02. The molecular formula is C20H20F2N2O4. The number of aliphatic hydroxyl groups excluding tert-OH is 1. The minimum absolute atomic E-state index is 0.0398. The third-order valence-electron chi connectivity index (χ3n) is 6.67. The van der Waals surface area contributed by atoms with Gasteiger partial charge in [-0.2, -0.15) is 0 Å². The molecule has 2 N–H and O–H groups in total. The summed E-state index contributed by atoms with van der Waals surface area (Å²) in [7, 11) is 0. The van der Waals surface area contributed by atoms with Crippen molar-refractivity contribution in [3.05, 3.63) is 39.7 Å². The number of pyridine rings is 1. The summed E-state index contributed by atoms with van der Waals surface area (Å²) in [6, 6.07) is 0.864. The highest BCUT2D eigenvalue weighted by atomic mass is 19.1. The SMILES string of the molecule is C[C@]12C[C@@H](O)[C@H]1CN(c1c(F)cc3c(=O)c(C(=O)O)cn(C4CC4)c3c1F)C2. The number of carboxylic acids is 1. The first-order valence-electron chi connectivity index (χ1n) is 9.44. The highest BCUT2D eigenvalue weighted by molar-refractivity contribution is 5.94. The molecule has 0 amide bonds. The molecule has 2 aromatic rings. The first-order valence-corrected chi connectivity index (χ1v) is 9.44. The summed E-state index contributed by atoms with van der Waals surface area (Å²) in [5.74, 6) is -3.17. The molecule has 0 radical (unpaired) electrons. The van der Waals surface area contributed by atoms with E-state index in [-0.39, 0.29) is 34.0 Å². The minimum atomic E-state index is -1.41. The Bertz CT molecular complexity index is 1090. The van der Waals surface area contributed by atoms with Crippen LogP contribution in [0, 0.1) is 23.0 Å². The Hall–Kier alpha value is -2.48. The maximum absolute atomic E-state index is 15.6. The lowest BCUT2D eigenvalue weighted by Crippen LogP contribution is -2.48. The quantitative estimate of drug-likeness (QED) is 0.842. The Kier molecular flexibility index (Phi) is 3.48. The van der Waals surface area contributed by atoms with Crippen molar-refractivity contribution >= 4 is 22.6 Å². The Morgan fingerprint density at radius 1 is 1.32 bits per heavy atom. The van der Waals surface area contributed by atoms with Crippen molar-refractivity contribution in [2.24, 2.45) is 11.3 Å². The topological polar surface area (TPSA) is 82.8 Å². The van der Waals surface area contributed by atoms with Crippen LogP contribution in [0.5, 0.6) is 0 Å². The van der Waals surface area contributed by atoms with Gasteiger partial charge in [-0.25, -0.2) is 13.6 Å². The van der Waals surface area contributed by atoms with E-state index >= 15 is 4.39 Å². The molecule has 0 bridgehead atoms. The summed E-state index contributed by atoms with van der Waals surface area (Å²) in [5.41, 5.74) is -1.80. The molecule has 2 aliphatic carbocycles. The number of fused-ring (bicyclic) bond motifs is 2. The van der Waals surface area contributed by atoms with E-state index in [0.29, 0.717) is 19.5 Å². The van der Waals surface area contributed by atoms with Gasteiger partial charge in [0.25, 0.3) is 0 Å². The number of nitrogens with zero attached hydrogens (tertiary/aromatic N) is 2. The molecule has 3 atom stereocenters. The summed E-state index contributed by atoms with van der Waals surface area (Å²) >= 11 is 0. The number of carboxylic acid groups (broad SMARTS) is 1. The van der Waals surface area contributed by atoms with E-state index in [0.717, 1.165) is 18.9 Å². The van der Waals surface area contributed by atoms with Crippen LogP contribution >= 0.6 is 0 Å². The number of hydrogen-bond acceptors (Lipinski definition) is 4. The standard InChI is InChI=1S/C20H20F2N2O4/c1-20-5-14(25)12(20)7-23(8-20)17-13(21)4-10-16(15(17)22)24(9-2-3-9)6-11(18(10)26)19(27)28/h4,6,9,12,14,25H,2-3,5,7-8H2,1H3,(H,27,28)/t12-,14-,20-/m1/s1. The van der Waals surface area contributed by atoms with Gasteiger partial charge in [0.15, 0.2) is 5.82 Å². The Labute approximate surface area is 159 Å². The number of rotatable bonds is 3. The summed E-state index contributed by atoms with van der Waals surface area (Å²) in [6.45, 7) is 2.77. The van der Waals surface area contributed by atoms with E-state index in [1.165, 1.54) is 10.8 Å². The van der Waals surface area contributed by atoms with E-state index in [4.69, 9.17) is 0 Å². The van der Waals surface area contributed by atoms with Gasteiger partial charge < -0.3 is 19.7 Å². The Balaban J connectivity index is 1.73. The molecule has 28 heavy (non-hydrogen) atoms. The van der Waals surface area contributed by atoms with Gasteiger partial charge in [-0.3, -0.25) is 4.79 Å². The molecule has 2 heterocycles. The molecule has 5 rings (SSSR count). The molecule has 2 saturated carbocycles. The predicted molar refractivity (Wildman–Crippen MR) is 97.8 cm³/mol. The highest BCUT2D eigenvalue weighted by Gasteiger charge is 2.56. The van der Waals surface area contributed by atoms with E-state index in [9.17, 15) is 24.2 Å². The number of aromatic carboxylic acids is 1. The third-order valence-corrected chi connectivity index (χ3v) is 6.67. The van der Waals surface area contributed by atoms with Gasteiger partial charge in [0.1, 0.15) is 17.1 Å². The summed E-state index contributed by atoms with van der Waals surface area (Å²) in [6.07, 6.45) is 2.80. The van der Waals surface area contributed by atoms with Crippen molar-refractivity contribution in [2.45, 2.75) is 38.3 Å². The molecule has 148 valence electrons. The maximum Gasteiger partial charge on any atom is 0.341 e. The number of carbonyl (C=O) groups is 1. The molecule has 8 heteroatoms. The molecule has 1 aliphatic heterocycles. The molecule has 1 aromatic heterocycles. The van der Waals surface area contributed by atoms with Gasteiger partial charge in [-0.15, -0.1) is 0 Å². The third kappa shape index (κ3) is 2.27. The number of benzene rings is 1. The van der Waals surface area contributed by atoms with Crippen molar-refractivity contribution in [2.75, 3.05) is 18.0 Å². The molecule has 3 fully saturated rings. The number of halogens is 2. The largest absolute Gasteiger partial charge is 0.477 e. The lowest BCUT2D eigenvalue weighted by molar-refractivity contribution is -0.0638. The van der Waals surface area contributed by atoms with Crippen LogP contribution in [0.15, 0.2) is 17.1 Å². The first-order chi connectivity index (χ1) is 13.2. The van der Waals surface area contributed by atoms with Gasteiger partial charge in [0.2, 0.25) is 5.43 Å². The van der Waals surface area contributed by atoms with E-state index in [2.05, 4.69) is 0 Å². The molecular weight excluding hydrogens is 370 g/mol. The summed E-state index contributed by atoms with van der Waals surface area (Å²) < 4.78 is 32.0. The van der Waals surface area contributed by atoms with Gasteiger partial charge in [0, 0.05) is 31.2 Å². The van der Waals surface area contributed by atoms with Crippen molar-refractivity contribution < 1.29 is 23.8 Å².